The lowest BCUT2D eigenvalue weighted by Crippen LogP contribution is -2.24. The average molecular weight is 339 g/mol. The minimum absolute atomic E-state index is 0.185. The van der Waals surface area contributed by atoms with Gasteiger partial charge in [-0.05, 0) is 18.6 Å². The molecule has 0 radical (unpaired) electrons. The molecule has 0 atom stereocenters. The molecule has 0 saturated heterocycles. The van der Waals surface area contributed by atoms with Crippen molar-refractivity contribution in [1.82, 2.24) is 0 Å². The number of rotatable bonds is 2. The fraction of sp³-hybridized carbons (Fsp3) is 0.333. The Morgan fingerprint density at radius 1 is 1.53 bits per heavy atom. The summed E-state index contributed by atoms with van der Waals surface area (Å²) in [5, 5.41) is 0. The van der Waals surface area contributed by atoms with E-state index in [1.807, 2.05) is 0 Å². The normalized spacial score (nSPS) is 18.9. The SMILES string of the molecule is CC(=O)OC1=CCC(Br)(Br)C=C1C(N)=O. The van der Waals surface area contributed by atoms with E-state index in [9.17, 15) is 9.59 Å². The van der Waals surface area contributed by atoms with E-state index in [2.05, 4.69) is 31.9 Å². The van der Waals surface area contributed by atoms with Crippen molar-refractivity contribution in [2.45, 2.75) is 16.6 Å². The minimum atomic E-state index is -0.634. The number of ether oxygens (including phenoxy) is 1. The molecule has 0 aromatic carbocycles. The fourth-order valence-electron chi connectivity index (χ4n) is 1.12. The summed E-state index contributed by atoms with van der Waals surface area (Å²) in [4.78, 5) is 21.9. The topological polar surface area (TPSA) is 69.4 Å². The molecule has 6 heteroatoms. The third-order valence-corrected chi connectivity index (χ3v) is 2.81. The maximum absolute atomic E-state index is 11.1. The van der Waals surface area contributed by atoms with E-state index in [4.69, 9.17) is 10.5 Å². The van der Waals surface area contributed by atoms with Gasteiger partial charge in [0.1, 0.15) is 8.99 Å². The van der Waals surface area contributed by atoms with Crippen molar-refractivity contribution < 1.29 is 14.3 Å². The van der Waals surface area contributed by atoms with E-state index >= 15 is 0 Å². The van der Waals surface area contributed by atoms with Gasteiger partial charge in [-0.25, -0.2) is 0 Å². The molecule has 1 rings (SSSR count). The summed E-state index contributed by atoms with van der Waals surface area (Å²) in [6, 6.07) is 0. The predicted octanol–water partition coefficient (Wildman–Crippen LogP) is 1.73. The molecule has 1 aliphatic rings. The number of hydrogen-bond donors (Lipinski definition) is 1. The Hall–Kier alpha value is -0.620. The highest BCUT2D eigenvalue weighted by molar-refractivity contribution is 9.25. The average Bonchev–Trinajstić information content (AvgIpc) is 2.07. The molecule has 0 saturated carbocycles. The van der Waals surface area contributed by atoms with Crippen LogP contribution in [0, 0.1) is 0 Å². The summed E-state index contributed by atoms with van der Waals surface area (Å²) in [5.74, 6) is -0.903. The van der Waals surface area contributed by atoms with Crippen molar-refractivity contribution in [2.75, 3.05) is 0 Å². The summed E-state index contributed by atoms with van der Waals surface area (Å²) < 4.78 is 4.36. The van der Waals surface area contributed by atoms with Crippen molar-refractivity contribution in [1.29, 1.82) is 0 Å². The number of esters is 1. The van der Waals surface area contributed by atoms with E-state index in [0.29, 0.717) is 6.42 Å². The van der Waals surface area contributed by atoms with Crippen LogP contribution in [0.3, 0.4) is 0 Å². The number of amides is 1. The molecule has 0 unspecified atom stereocenters. The second kappa shape index (κ2) is 4.49. The van der Waals surface area contributed by atoms with Crippen LogP contribution in [-0.2, 0) is 14.3 Å². The van der Waals surface area contributed by atoms with Gasteiger partial charge in [-0.1, -0.05) is 31.9 Å². The van der Waals surface area contributed by atoms with Gasteiger partial charge in [-0.15, -0.1) is 0 Å². The van der Waals surface area contributed by atoms with Gasteiger partial charge in [0, 0.05) is 6.92 Å². The third kappa shape index (κ3) is 3.46. The van der Waals surface area contributed by atoms with Crippen molar-refractivity contribution in [2.24, 2.45) is 5.73 Å². The van der Waals surface area contributed by atoms with E-state index in [0.717, 1.165) is 0 Å². The van der Waals surface area contributed by atoms with Crippen LogP contribution < -0.4 is 5.73 Å². The first-order valence-corrected chi connectivity index (χ1v) is 5.70. The first-order valence-electron chi connectivity index (χ1n) is 4.11. The zero-order valence-electron chi connectivity index (χ0n) is 7.92. The monoisotopic (exact) mass is 337 g/mol. The van der Waals surface area contributed by atoms with Gasteiger partial charge in [0.15, 0.2) is 0 Å². The standard InChI is InChI=1S/C9H9Br2NO3/c1-5(13)15-7-2-3-9(10,11)4-6(7)8(12)14/h2,4H,3H2,1H3,(H2,12,14). The molecule has 1 amide bonds. The number of alkyl halides is 2. The van der Waals surface area contributed by atoms with Gasteiger partial charge < -0.3 is 10.5 Å². The summed E-state index contributed by atoms with van der Waals surface area (Å²) >= 11 is 6.68. The first kappa shape index (κ1) is 12.4. The lowest BCUT2D eigenvalue weighted by molar-refractivity contribution is -0.136. The summed E-state index contributed by atoms with van der Waals surface area (Å²) in [5.41, 5.74) is 5.36. The number of carbonyl (C=O) groups excluding carboxylic acids is 2. The molecule has 4 nitrogen and oxygen atoms in total. The van der Waals surface area contributed by atoms with E-state index < -0.39 is 15.1 Å². The van der Waals surface area contributed by atoms with Crippen LogP contribution in [0.5, 0.6) is 0 Å². The summed E-state index contributed by atoms with van der Waals surface area (Å²) in [6.45, 7) is 1.27. The second-order valence-electron chi connectivity index (χ2n) is 3.05. The van der Waals surface area contributed by atoms with Crippen LogP contribution in [0.2, 0.25) is 0 Å². The van der Waals surface area contributed by atoms with Crippen LogP contribution in [0.15, 0.2) is 23.5 Å². The van der Waals surface area contributed by atoms with Gasteiger partial charge in [0.25, 0.3) is 5.91 Å². The molecule has 1 aliphatic carbocycles. The van der Waals surface area contributed by atoms with Crippen LogP contribution >= 0.6 is 31.9 Å². The van der Waals surface area contributed by atoms with E-state index in [-0.39, 0.29) is 11.3 Å². The third-order valence-electron chi connectivity index (χ3n) is 1.70. The molecule has 0 heterocycles. The number of hydrogen-bond acceptors (Lipinski definition) is 3. The Morgan fingerprint density at radius 2 is 2.13 bits per heavy atom. The Kier molecular flexibility index (Phi) is 3.72. The molecule has 0 spiro atoms. The quantitative estimate of drug-likeness (QED) is 0.616. The van der Waals surface area contributed by atoms with Gasteiger partial charge in [-0.2, -0.15) is 0 Å². The van der Waals surface area contributed by atoms with Crippen LogP contribution in [0.25, 0.3) is 0 Å². The summed E-state index contributed by atoms with van der Waals surface area (Å²) in [7, 11) is 0. The number of carbonyl (C=O) groups is 2. The Balaban J connectivity index is 3.00. The Morgan fingerprint density at radius 3 is 2.60 bits per heavy atom. The molecule has 0 aromatic heterocycles. The first-order chi connectivity index (χ1) is 6.82. The Bertz CT molecular complexity index is 372. The van der Waals surface area contributed by atoms with Crippen LogP contribution in [0.1, 0.15) is 13.3 Å². The maximum atomic E-state index is 11.1. The van der Waals surface area contributed by atoms with Gasteiger partial charge in [0.2, 0.25) is 0 Å². The largest absolute Gasteiger partial charge is 0.426 e. The van der Waals surface area contributed by atoms with Crippen molar-refractivity contribution >= 4 is 43.7 Å². The zero-order valence-corrected chi connectivity index (χ0v) is 11.1. The molecule has 0 bridgehead atoms. The van der Waals surface area contributed by atoms with Gasteiger partial charge >= 0.3 is 5.97 Å². The molecule has 82 valence electrons. The second-order valence-corrected chi connectivity index (χ2v) is 6.94. The number of primary amides is 1. The van der Waals surface area contributed by atoms with Gasteiger partial charge in [0.05, 0.1) is 5.57 Å². The highest BCUT2D eigenvalue weighted by atomic mass is 79.9. The lowest BCUT2D eigenvalue weighted by atomic mass is 10.0. The molecule has 0 aliphatic heterocycles. The van der Waals surface area contributed by atoms with Crippen LogP contribution in [0.4, 0.5) is 0 Å². The number of allylic oxidation sites excluding steroid dienone is 2. The molecule has 0 aromatic rings. The highest BCUT2D eigenvalue weighted by Gasteiger charge is 2.28. The fourth-order valence-corrected chi connectivity index (χ4v) is 1.91. The molecule has 15 heavy (non-hydrogen) atoms. The van der Waals surface area contributed by atoms with E-state index in [1.54, 1.807) is 12.2 Å². The van der Waals surface area contributed by atoms with Crippen LogP contribution in [-0.4, -0.2) is 15.1 Å². The number of nitrogens with two attached hydrogens (primary N) is 1. The summed E-state index contributed by atoms with van der Waals surface area (Å²) in [6.07, 6.45) is 3.75. The van der Waals surface area contributed by atoms with E-state index in [1.165, 1.54) is 6.92 Å². The smallest absolute Gasteiger partial charge is 0.308 e. The maximum Gasteiger partial charge on any atom is 0.308 e. The molecular formula is C9H9Br2NO3. The zero-order chi connectivity index (χ0) is 11.6. The predicted molar refractivity (Wildman–Crippen MR) is 62.3 cm³/mol. The van der Waals surface area contributed by atoms with Crippen molar-refractivity contribution in [3.05, 3.63) is 23.5 Å². The van der Waals surface area contributed by atoms with Crippen molar-refractivity contribution in [3.63, 3.8) is 0 Å². The Labute approximate surface area is 104 Å². The lowest BCUT2D eigenvalue weighted by Gasteiger charge is -2.21. The minimum Gasteiger partial charge on any atom is -0.426 e. The highest BCUT2D eigenvalue weighted by Crippen LogP contribution is 2.38. The van der Waals surface area contributed by atoms with Gasteiger partial charge in [-0.3, -0.25) is 9.59 Å². The molecule has 2 N–H and O–H groups in total. The van der Waals surface area contributed by atoms with Crippen molar-refractivity contribution in [3.8, 4) is 0 Å². The molecular weight excluding hydrogens is 330 g/mol. The molecule has 0 fully saturated rings. The number of halogens is 2.